The first-order valence-electron chi connectivity index (χ1n) is 9.62. The van der Waals surface area contributed by atoms with Crippen molar-refractivity contribution in [3.05, 3.63) is 83.3 Å². The van der Waals surface area contributed by atoms with Crippen molar-refractivity contribution in [1.82, 2.24) is 0 Å². The molecule has 0 radical (unpaired) electrons. The quantitative estimate of drug-likeness (QED) is 0.665. The summed E-state index contributed by atoms with van der Waals surface area (Å²) < 4.78 is 29.0. The van der Waals surface area contributed by atoms with E-state index in [4.69, 9.17) is 23.7 Å². The number of carbonyl (C=O) groups is 1. The standard InChI is InChI=1S/C23H24O6/c1-23(2)27-15-18(29-23)19-20(25-13-16-9-5-3-6-10-16)21(22(24)28-19)26-14-17-11-7-4-8-12-17/h3-12,18-19H,13-15H2,1-2H3/t18-,19-/m1/s1. The Morgan fingerprint density at radius 1 is 0.931 bits per heavy atom. The van der Waals surface area contributed by atoms with Crippen molar-refractivity contribution in [2.24, 2.45) is 0 Å². The first kappa shape index (κ1) is 19.5. The van der Waals surface area contributed by atoms with Crippen LogP contribution in [0, 0.1) is 0 Å². The smallest absolute Gasteiger partial charge is 0.378 e. The Hall–Kier alpha value is -2.83. The minimum atomic E-state index is -0.741. The molecule has 0 unspecified atom stereocenters. The summed E-state index contributed by atoms with van der Waals surface area (Å²) in [5.74, 6) is -0.860. The van der Waals surface area contributed by atoms with Gasteiger partial charge in [0.05, 0.1) is 6.61 Å². The summed E-state index contributed by atoms with van der Waals surface area (Å²) in [5, 5.41) is 0. The molecule has 6 heteroatoms. The van der Waals surface area contributed by atoms with E-state index in [1.807, 2.05) is 74.5 Å². The first-order valence-corrected chi connectivity index (χ1v) is 9.62. The van der Waals surface area contributed by atoms with E-state index >= 15 is 0 Å². The van der Waals surface area contributed by atoms with Crippen LogP contribution in [0.5, 0.6) is 0 Å². The Morgan fingerprint density at radius 2 is 1.52 bits per heavy atom. The van der Waals surface area contributed by atoms with E-state index in [1.54, 1.807) is 0 Å². The van der Waals surface area contributed by atoms with Crippen molar-refractivity contribution in [1.29, 1.82) is 0 Å². The molecule has 152 valence electrons. The third-order valence-corrected chi connectivity index (χ3v) is 4.73. The number of benzene rings is 2. The van der Waals surface area contributed by atoms with Gasteiger partial charge in [-0.3, -0.25) is 0 Å². The Kier molecular flexibility index (Phi) is 5.56. The fourth-order valence-electron chi connectivity index (χ4n) is 3.30. The van der Waals surface area contributed by atoms with Crippen molar-refractivity contribution in [3.8, 4) is 0 Å². The van der Waals surface area contributed by atoms with Gasteiger partial charge in [0.25, 0.3) is 0 Å². The summed E-state index contributed by atoms with van der Waals surface area (Å²) in [6.45, 7) is 4.48. The summed E-state index contributed by atoms with van der Waals surface area (Å²) in [6.07, 6.45) is -1.17. The number of esters is 1. The fraction of sp³-hybridized carbons (Fsp3) is 0.348. The Labute approximate surface area is 170 Å². The maximum atomic E-state index is 12.6. The van der Waals surface area contributed by atoms with E-state index in [-0.39, 0.29) is 12.4 Å². The molecule has 0 N–H and O–H groups in total. The first-order chi connectivity index (χ1) is 14.0. The zero-order valence-electron chi connectivity index (χ0n) is 16.5. The summed E-state index contributed by atoms with van der Waals surface area (Å²) in [5.41, 5.74) is 1.92. The van der Waals surface area contributed by atoms with Gasteiger partial charge in [0.2, 0.25) is 5.76 Å². The van der Waals surface area contributed by atoms with E-state index in [1.165, 1.54) is 0 Å². The summed E-state index contributed by atoms with van der Waals surface area (Å²) >= 11 is 0. The third kappa shape index (κ3) is 4.60. The molecule has 6 nitrogen and oxygen atoms in total. The monoisotopic (exact) mass is 396 g/mol. The maximum absolute atomic E-state index is 12.6. The van der Waals surface area contributed by atoms with Gasteiger partial charge in [0.15, 0.2) is 17.7 Å². The molecule has 0 amide bonds. The van der Waals surface area contributed by atoms with E-state index in [2.05, 4.69) is 0 Å². The van der Waals surface area contributed by atoms with E-state index in [0.29, 0.717) is 19.0 Å². The van der Waals surface area contributed by atoms with Crippen molar-refractivity contribution >= 4 is 5.97 Å². The van der Waals surface area contributed by atoms with E-state index < -0.39 is 24.0 Å². The lowest BCUT2D eigenvalue weighted by molar-refractivity contribution is -0.164. The molecule has 0 bridgehead atoms. The molecule has 0 aromatic heterocycles. The highest BCUT2D eigenvalue weighted by Crippen LogP contribution is 2.34. The fourth-order valence-corrected chi connectivity index (χ4v) is 3.30. The largest absolute Gasteiger partial charge is 0.485 e. The van der Waals surface area contributed by atoms with Gasteiger partial charge in [-0.15, -0.1) is 0 Å². The van der Waals surface area contributed by atoms with Crippen molar-refractivity contribution in [2.75, 3.05) is 6.61 Å². The van der Waals surface area contributed by atoms with Crippen LogP contribution < -0.4 is 0 Å². The van der Waals surface area contributed by atoms with Crippen LogP contribution in [0.4, 0.5) is 0 Å². The lowest BCUT2D eigenvalue weighted by Crippen LogP contribution is -2.33. The predicted octanol–water partition coefficient (Wildman–Crippen LogP) is 3.71. The van der Waals surface area contributed by atoms with Crippen LogP contribution in [-0.2, 0) is 41.7 Å². The highest BCUT2D eigenvalue weighted by Gasteiger charge is 2.48. The molecule has 2 aliphatic heterocycles. The molecule has 2 aromatic rings. The van der Waals surface area contributed by atoms with Gasteiger partial charge in [-0.1, -0.05) is 60.7 Å². The molecular weight excluding hydrogens is 372 g/mol. The Balaban J connectivity index is 1.55. The number of hydrogen-bond donors (Lipinski definition) is 0. The lowest BCUT2D eigenvalue weighted by Gasteiger charge is -2.22. The Bertz CT molecular complexity index is 875. The zero-order chi connectivity index (χ0) is 20.3. The molecule has 0 saturated carbocycles. The van der Waals surface area contributed by atoms with Gasteiger partial charge >= 0.3 is 5.97 Å². The lowest BCUT2D eigenvalue weighted by atomic mass is 10.1. The van der Waals surface area contributed by atoms with Crippen LogP contribution >= 0.6 is 0 Å². The minimum absolute atomic E-state index is 0.0862. The number of rotatable bonds is 7. The molecule has 2 aromatic carbocycles. The van der Waals surface area contributed by atoms with E-state index in [9.17, 15) is 4.79 Å². The number of carbonyl (C=O) groups excluding carboxylic acids is 1. The van der Waals surface area contributed by atoms with Gasteiger partial charge in [-0.05, 0) is 25.0 Å². The summed E-state index contributed by atoms with van der Waals surface area (Å²) in [6, 6.07) is 19.3. The van der Waals surface area contributed by atoms with Gasteiger partial charge in [0, 0.05) is 0 Å². The van der Waals surface area contributed by atoms with Crippen LogP contribution in [0.3, 0.4) is 0 Å². The van der Waals surface area contributed by atoms with Crippen molar-refractivity contribution in [3.63, 3.8) is 0 Å². The normalized spacial score (nSPS) is 23.2. The van der Waals surface area contributed by atoms with Gasteiger partial charge in [-0.2, -0.15) is 0 Å². The SMILES string of the molecule is CC1(C)OC[C@H]([C@H]2OC(=O)C(OCc3ccccc3)=C2OCc2ccccc2)O1. The molecule has 2 atom stereocenters. The van der Waals surface area contributed by atoms with Crippen LogP contribution in [-0.4, -0.2) is 30.6 Å². The summed E-state index contributed by atoms with van der Waals surface area (Å²) in [4.78, 5) is 12.6. The van der Waals surface area contributed by atoms with Crippen LogP contribution in [0.15, 0.2) is 72.2 Å². The predicted molar refractivity (Wildman–Crippen MR) is 104 cm³/mol. The summed E-state index contributed by atoms with van der Waals surface area (Å²) in [7, 11) is 0. The van der Waals surface area contributed by atoms with Gasteiger partial charge in [-0.25, -0.2) is 4.79 Å². The van der Waals surface area contributed by atoms with Gasteiger partial charge in [0.1, 0.15) is 19.3 Å². The average Bonchev–Trinajstić information content (AvgIpc) is 3.25. The second-order valence-electron chi connectivity index (χ2n) is 7.43. The van der Waals surface area contributed by atoms with Crippen LogP contribution in [0.25, 0.3) is 0 Å². The number of ether oxygens (including phenoxy) is 5. The number of cyclic esters (lactones) is 1. The van der Waals surface area contributed by atoms with Crippen molar-refractivity contribution < 1.29 is 28.5 Å². The van der Waals surface area contributed by atoms with Crippen LogP contribution in [0.2, 0.25) is 0 Å². The highest BCUT2D eigenvalue weighted by molar-refractivity contribution is 5.89. The topological polar surface area (TPSA) is 63.2 Å². The highest BCUT2D eigenvalue weighted by atomic mass is 16.8. The minimum Gasteiger partial charge on any atom is -0.485 e. The number of hydrogen-bond acceptors (Lipinski definition) is 6. The van der Waals surface area contributed by atoms with Crippen LogP contribution in [0.1, 0.15) is 25.0 Å². The second kappa shape index (κ2) is 8.27. The molecule has 2 heterocycles. The molecule has 1 fully saturated rings. The van der Waals surface area contributed by atoms with Gasteiger partial charge < -0.3 is 23.7 Å². The molecule has 0 aliphatic carbocycles. The Morgan fingerprint density at radius 3 is 2.07 bits per heavy atom. The van der Waals surface area contributed by atoms with E-state index in [0.717, 1.165) is 11.1 Å². The maximum Gasteiger partial charge on any atom is 0.378 e. The second-order valence-corrected chi connectivity index (χ2v) is 7.43. The molecule has 4 rings (SSSR count). The zero-order valence-corrected chi connectivity index (χ0v) is 16.5. The molecule has 0 spiro atoms. The third-order valence-electron chi connectivity index (χ3n) is 4.73. The molecular formula is C23H24O6. The average molecular weight is 396 g/mol. The molecule has 29 heavy (non-hydrogen) atoms. The van der Waals surface area contributed by atoms with Crippen molar-refractivity contribution in [2.45, 2.75) is 45.1 Å². The molecule has 1 saturated heterocycles. The molecule has 2 aliphatic rings.